The summed E-state index contributed by atoms with van der Waals surface area (Å²) in [7, 11) is 1.98. The lowest BCUT2D eigenvalue weighted by molar-refractivity contribution is 0.254. The van der Waals surface area contributed by atoms with Crippen LogP contribution in [0.5, 0.6) is 11.5 Å². The van der Waals surface area contributed by atoms with Gasteiger partial charge in [-0.3, -0.25) is 4.90 Å². The average molecular weight is 224 g/mol. The van der Waals surface area contributed by atoms with Crippen LogP contribution in [0.3, 0.4) is 0 Å². The van der Waals surface area contributed by atoms with Crippen molar-refractivity contribution in [3.05, 3.63) is 23.8 Å². The molecule has 4 N–H and O–H groups in total. The Morgan fingerprint density at radius 3 is 2.69 bits per heavy atom. The third-order valence-electron chi connectivity index (χ3n) is 2.84. The second-order valence-corrected chi connectivity index (χ2v) is 4.04. The smallest absolute Gasteiger partial charge is 0.120 e. The van der Waals surface area contributed by atoms with Crippen LogP contribution < -0.4 is 5.73 Å². The van der Waals surface area contributed by atoms with Gasteiger partial charge in [0.2, 0.25) is 0 Å². The summed E-state index contributed by atoms with van der Waals surface area (Å²) in [6.07, 6.45) is 0.917. The van der Waals surface area contributed by atoms with Crippen LogP contribution in [-0.4, -0.2) is 35.3 Å². The molecule has 0 spiro atoms. The van der Waals surface area contributed by atoms with Crippen LogP contribution in [0.1, 0.15) is 24.9 Å². The highest BCUT2D eigenvalue weighted by Gasteiger charge is 2.15. The molecule has 0 aliphatic carbocycles. The number of benzene rings is 1. The summed E-state index contributed by atoms with van der Waals surface area (Å²) in [5.41, 5.74) is 6.19. The van der Waals surface area contributed by atoms with Crippen molar-refractivity contribution in [1.29, 1.82) is 0 Å². The lowest BCUT2D eigenvalue weighted by Crippen LogP contribution is -2.25. The van der Waals surface area contributed by atoms with E-state index in [-0.39, 0.29) is 17.5 Å². The van der Waals surface area contributed by atoms with Crippen molar-refractivity contribution in [2.45, 2.75) is 19.4 Å². The summed E-state index contributed by atoms with van der Waals surface area (Å²) in [5, 5.41) is 19.1. The Morgan fingerprint density at radius 2 is 2.06 bits per heavy atom. The van der Waals surface area contributed by atoms with Gasteiger partial charge in [-0.05, 0) is 51.7 Å². The number of nitrogens with zero attached hydrogens (tertiary/aromatic N) is 1. The van der Waals surface area contributed by atoms with Gasteiger partial charge in [-0.25, -0.2) is 0 Å². The van der Waals surface area contributed by atoms with Gasteiger partial charge in [0, 0.05) is 11.6 Å². The Labute approximate surface area is 96.3 Å². The maximum absolute atomic E-state index is 9.72. The van der Waals surface area contributed by atoms with E-state index in [0.29, 0.717) is 6.54 Å². The molecule has 0 heterocycles. The molecule has 0 radical (unpaired) electrons. The van der Waals surface area contributed by atoms with Gasteiger partial charge in [-0.2, -0.15) is 0 Å². The first kappa shape index (κ1) is 12.8. The van der Waals surface area contributed by atoms with Crippen LogP contribution in [0.25, 0.3) is 0 Å². The average Bonchev–Trinajstić information content (AvgIpc) is 2.28. The number of hydrogen-bond donors (Lipinski definition) is 3. The fourth-order valence-electron chi connectivity index (χ4n) is 1.65. The topological polar surface area (TPSA) is 69.7 Å². The van der Waals surface area contributed by atoms with Gasteiger partial charge in [0.15, 0.2) is 0 Å². The normalized spacial score (nSPS) is 13.0. The molecule has 0 amide bonds. The van der Waals surface area contributed by atoms with Gasteiger partial charge in [-0.15, -0.1) is 0 Å². The van der Waals surface area contributed by atoms with Crippen LogP contribution in [0.2, 0.25) is 0 Å². The van der Waals surface area contributed by atoms with Crippen molar-refractivity contribution >= 4 is 0 Å². The molecular weight excluding hydrogens is 204 g/mol. The summed E-state index contributed by atoms with van der Waals surface area (Å²) in [5.74, 6) is 0.386. The molecule has 0 saturated carbocycles. The fraction of sp³-hybridized carbons (Fsp3) is 0.500. The molecule has 0 saturated heterocycles. The predicted molar refractivity (Wildman–Crippen MR) is 64.5 cm³/mol. The van der Waals surface area contributed by atoms with Gasteiger partial charge in [-0.1, -0.05) is 0 Å². The van der Waals surface area contributed by atoms with E-state index in [2.05, 4.69) is 4.90 Å². The van der Waals surface area contributed by atoms with E-state index in [4.69, 9.17) is 5.73 Å². The molecule has 1 atom stereocenters. The summed E-state index contributed by atoms with van der Waals surface area (Å²) < 4.78 is 0. The molecule has 90 valence electrons. The quantitative estimate of drug-likeness (QED) is 0.662. The van der Waals surface area contributed by atoms with Crippen molar-refractivity contribution in [2.24, 2.45) is 5.73 Å². The first-order valence-corrected chi connectivity index (χ1v) is 5.48. The van der Waals surface area contributed by atoms with Crippen LogP contribution in [0, 0.1) is 0 Å². The zero-order valence-corrected chi connectivity index (χ0v) is 9.85. The standard InChI is InChI=1S/C12H20N2O2/c1-9(14(2)7-3-6-13)11-8-10(15)4-5-12(11)16/h4-5,8-9,15-16H,3,6-7,13H2,1-2H3. The zero-order chi connectivity index (χ0) is 12.1. The van der Waals surface area contributed by atoms with Gasteiger partial charge >= 0.3 is 0 Å². The number of phenolic OH excluding ortho intramolecular Hbond substituents is 2. The largest absolute Gasteiger partial charge is 0.508 e. The van der Waals surface area contributed by atoms with E-state index >= 15 is 0 Å². The summed E-state index contributed by atoms with van der Waals surface area (Å²) in [4.78, 5) is 2.10. The Bertz CT molecular complexity index is 342. The molecule has 1 rings (SSSR count). The minimum absolute atomic E-state index is 0.0543. The number of phenols is 2. The number of rotatable bonds is 5. The van der Waals surface area contributed by atoms with E-state index in [9.17, 15) is 10.2 Å². The molecule has 1 unspecified atom stereocenters. The highest BCUT2D eigenvalue weighted by atomic mass is 16.3. The summed E-state index contributed by atoms with van der Waals surface area (Å²) >= 11 is 0. The fourth-order valence-corrected chi connectivity index (χ4v) is 1.65. The molecule has 0 aromatic heterocycles. The van der Waals surface area contributed by atoms with Gasteiger partial charge in [0.05, 0.1) is 0 Å². The van der Waals surface area contributed by atoms with Crippen LogP contribution >= 0.6 is 0 Å². The maximum atomic E-state index is 9.72. The zero-order valence-electron chi connectivity index (χ0n) is 9.85. The maximum Gasteiger partial charge on any atom is 0.120 e. The van der Waals surface area contributed by atoms with E-state index in [1.165, 1.54) is 12.1 Å². The molecular formula is C12H20N2O2. The first-order valence-electron chi connectivity index (χ1n) is 5.48. The van der Waals surface area contributed by atoms with Gasteiger partial charge < -0.3 is 15.9 Å². The van der Waals surface area contributed by atoms with Crippen LogP contribution in [-0.2, 0) is 0 Å². The second-order valence-electron chi connectivity index (χ2n) is 4.04. The molecule has 4 nitrogen and oxygen atoms in total. The Kier molecular flexibility index (Phi) is 4.58. The summed E-state index contributed by atoms with van der Waals surface area (Å²) in [6.45, 7) is 3.51. The van der Waals surface area contributed by atoms with E-state index in [1.807, 2.05) is 14.0 Å². The van der Waals surface area contributed by atoms with E-state index in [1.54, 1.807) is 6.07 Å². The molecule has 0 aliphatic heterocycles. The lowest BCUT2D eigenvalue weighted by Gasteiger charge is -2.25. The Hall–Kier alpha value is -1.26. The number of nitrogens with two attached hydrogens (primary N) is 1. The van der Waals surface area contributed by atoms with E-state index in [0.717, 1.165) is 18.5 Å². The molecule has 1 aromatic carbocycles. The second kappa shape index (κ2) is 5.72. The lowest BCUT2D eigenvalue weighted by atomic mass is 10.1. The van der Waals surface area contributed by atoms with Crippen molar-refractivity contribution in [2.75, 3.05) is 20.1 Å². The van der Waals surface area contributed by atoms with E-state index < -0.39 is 0 Å². The molecule has 16 heavy (non-hydrogen) atoms. The van der Waals surface area contributed by atoms with Crippen molar-refractivity contribution in [3.63, 3.8) is 0 Å². The first-order chi connectivity index (χ1) is 7.56. The van der Waals surface area contributed by atoms with Gasteiger partial charge in [0.25, 0.3) is 0 Å². The van der Waals surface area contributed by atoms with Crippen molar-refractivity contribution in [3.8, 4) is 11.5 Å². The highest BCUT2D eigenvalue weighted by Crippen LogP contribution is 2.30. The molecule has 0 aliphatic rings. The molecule has 4 heteroatoms. The third-order valence-corrected chi connectivity index (χ3v) is 2.84. The molecule has 1 aromatic rings. The SMILES string of the molecule is CC(c1cc(O)ccc1O)N(C)CCCN. The molecule has 0 fully saturated rings. The van der Waals surface area contributed by atoms with Crippen LogP contribution in [0.4, 0.5) is 0 Å². The predicted octanol–water partition coefficient (Wildman–Crippen LogP) is 1.44. The summed E-state index contributed by atoms with van der Waals surface area (Å²) in [6, 6.07) is 4.64. The molecule has 0 bridgehead atoms. The monoisotopic (exact) mass is 224 g/mol. The minimum atomic E-state index is 0.0543. The number of hydrogen-bond acceptors (Lipinski definition) is 4. The van der Waals surface area contributed by atoms with Crippen molar-refractivity contribution < 1.29 is 10.2 Å². The van der Waals surface area contributed by atoms with Crippen LogP contribution in [0.15, 0.2) is 18.2 Å². The highest BCUT2D eigenvalue weighted by molar-refractivity contribution is 5.40. The van der Waals surface area contributed by atoms with Crippen molar-refractivity contribution in [1.82, 2.24) is 4.90 Å². The van der Waals surface area contributed by atoms with Gasteiger partial charge in [0.1, 0.15) is 11.5 Å². The Morgan fingerprint density at radius 1 is 1.38 bits per heavy atom. The number of aromatic hydroxyl groups is 2. The third kappa shape index (κ3) is 3.12. The minimum Gasteiger partial charge on any atom is -0.508 e. The Balaban J connectivity index is 2.78.